The lowest BCUT2D eigenvalue weighted by Crippen LogP contribution is -2.52. The van der Waals surface area contributed by atoms with Crippen molar-refractivity contribution >= 4 is 28.5 Å². The Hall–Kier alpha value is -0.690. The van der Waals surface area contributed by atoms with Crippen LogP contribution in [0.15, 0.2) is 18.2 Å². The Kier molecular flexibility index (Phi) is 3.98. The van der Waals surface area contributed by atoms with E-state index in [1.807, 2.05) is 29.5 Å². The van der Waals surface area contributed by atoms with Crippen LogP contribution >= 0.6 is 22.6 Å². The van der Waals surface area contributed by atoms with Crippen LogP contribution in [-0.4, -0.2) is 36.5 Å². The van der Waals surface area contributed by atoms with Crippen LogP contribution in [-0.2, 0) is 0 Å². The summed E-state index contributed by atoms with van der Waals surface area (Å²) in [5.41, 5.74) is 0.427. The maximum atomic E-state index is 13.4. The van der Waals surface area contributed by atoms with Crippen LogP contribution in [0.4, 0.5) is 4.39 Å². The molecule has 3 nitrogen and oxygen atoms in total. The number of nitrogens with one attached hydrogen (secondary N) is 1. The standard InChI is InChI=1S/C12H14FIN2O/c1-8-7-15-4-5-16(8)12(17)9-2-3-11(14)10(13)6-9/h2-3,6,8,15H,4-5,7H2,1H3. The Bertz CT molecular complexity index is 439. The first-order valence-electron chi connectivity index (χ1n) is 5.56. The van der Waals surface area contributed by atoms with Gasteiger partial charge in [-0.1, -0.05) is 0 Å². The molecule has 5 heteroatoms. The van der Waals surface area contributed by atoms with E-state index in [1.54, 1.807) is 17.0 Å². The first-order valence-corrected chi connectivity index (χ1v) is 6.64. The number of amides is 1. The molecule has 0 spiro atoms. The normalized spacial score (nSPS) is 20.4. The molecule has 1 aromatic rings. The molecule has 1 unspecified atom stereocenters. The number of benzene rings is 1. The average molecular weight is 348 g/mol. The van der Waals surface area contributed by atoms with Crippen LogP contribution in [0.2, 0.25) is 0 Å². The Balaban J connectivity index is 2.21. The molecule has 1 aliphatic rings. The molecule has 0 aromatic heterocycles. The third-order valence-electron chi connectivity index (χ3n) is 2.93. The van der Waals surface area contributed by atoms with E-state index < -0.39 is 0 Å². The zero-order valence-electron chi connectivity index (χ0n) is 9.54. The first-order chi connectivity index (χ1) is 8.09. The smallest absolute Gasteiger partial charge is 0.254 e. The summed E-state index contributed by atoms with van der Waals surface area (Å²) in [6, 6.07) is 4.79. The van der Waals surface area contributed by atoms with Crippen LogP contribution in [0.5, 0.6) is 0 Å². The van der Waals surface area contributed by atoms with Crippen molar-refractivity contribution in [2.45, 2.75) is 13.0 Å². The molecule has 1 aromatic carbocycles. The lowest BCUT2D eigenvalue weighted by Gasteiger charge is -2.34. The fourth-order valence-corrected chi connectivity index (χ4v) is 2.27. The zero-order valence-corrected chi connectivity index (χ0v) is 11.7. The van der Waals surface area contributed by atoms with E-state index in [0.29, 0.717) is 15.7 Å². The average Bonchev–Trinajstić information content (AvgIpc) is 2.32. The molecule has 2 rings (SSSR count). The number of carbonyl (C=O) groups excluding carboxylic acids is 1. The summed E-state index contributed by atoms with van der Waals surface area (Å²) in [4.78, 5) is 14.0. The van der Waals surface area contributed by atoms with Gasteiger partial charge in [-0.05, 0) is 47.7 Å². The van der Waals surface area contributed by atoms with Crippen LogP contribution in [0.1, 0.15) is 17.3 Å². The molecule has 0 bridgehead atoms. The van der Waals surface area contributed by atoms with Gasteiger partial charge in [-0.3, -0.25) is 4.79 Å². The highest BCUT2D eigenvalue weighted by Crippen LogP contribution is 2.15. The second-order valence-electron chi connectivity index (χ2n) is 4.18. The van der Waals surface area contributed by atoms with E-state index in [0.717, 1.165) is 13.1 Å². The minimum absolute atomic E-state index is 0.0886. The highest BCUT2D eigenvalue weighted by molar-refractivity contribution is 14.1. The summed E-state index contributed by atoms with van der Waals surface area (Å²) < 4.78 is 13.9. The van der Waals surface area contributed by atoms with E-state index in [9.17, 15) is 9.18 Å². The van der Waals surface area contributed by atoms with Gasteiger partial charge in [0.1, 0.15) is 5.82 Å². The summed E-state index contributed by atoms with van der Waals surface area (Å²) in [5.74, 6) is -0.423. The Morgan fingerprint density at radius 2 is 2.35 bits per heavy atom. The van der Waals surface area contributed by atoms with Crippen LogP contribution in [0, 0.1) is 9.39 Å². The second kappa shape index (κ2) is 5.30. The fourth-order valence-electron chi connectivity index (χ4n) is 1.94. The van der Waals surface area contributed by atoms with E-state index in [4.69, 9.17) is 0 Å². The molecule has 1 aliphatic heterocycles. The molecule has 1 N–H and O–H groups in total. The molecular formula is C12H14FIN2O. The molecule has 1 atom stereocenters. The van der Waals surface area contributed by atoms with Crippen molar-refractivity contribution in [3.05, 3.63) is 33.1 Å². The van der Waals surface area contributed by atoms with Gasteiger partial charge in [0.05, 0.1) is 0 Å². The number of piperazine rings is 1. The lowest BCUT2D eigenvalue weighted by molar-refractivity contribution is 0.0655. The number of hydrogen-bond acceptors (Lipinski definition) is 2. The number of hydrogen-bond donors (Lipinski definition) is 1. The Labute approximate surface area is 114 Å². The molecule has 1 amide bonds. The van der Waals surface area contributed by atoms with Crippen molar-refractivity contribution in [3.8, 4) is 0 Å². The van der Waals surface area contributed by atoms with E-state index in [1.165, 1.54) is 6.07 Å². The quantitative estimate of drug-likeness (QED) is 0.786. The van der Waals surface area contributed by atoms with E-state index in [2.05, 4.69) is 5.32 Å². The van der Waals surface area contributed by atoms with Gasteiger partial charge >= 0.3 is 0 Å². The van der Waals surface area contributed by atoms with Gasteiger partial charge in [0.2, 0.25) is 0 Å². The van der Waals surface area contributed by atoms with E-state index in [-0.39, 0.29) is 17.8 Å². The SMILES string of the molecule is CC1CNCCN1C(=O)c1ccc(I)c(F)c1. The number of halogens is 2. The third kappa shape index (κ3) is 2.77. The molecule has 0 radical (unpaired) electrons. The molecule has 1 fully saturated rings. The summed E-state index contributed by atoms with van der Waals surface area (Å²) in [7, 11) is 0. The van der Waals surface area contributed by atoms with Crippen molar-refractivity contribution in [2.24, 2.45) is 0 Å². The lowest BCUT2D eigenvalue weighted by atomic mass is 10.1. The first kappa shape index (κ1) is 12.8. The van der Waals surface area contributed by atoms with Gasteiger partial charge in [0.15, 0.2) is 0 Å². The van der Waals surface area contributed by atoms with Crippen molar-refractivity contribution in [3.63, 3.8) is 0 Å². The number of rotatable bonds is 1. The van der Waals surface area contributed by atoms with E-state index >= 15 is 0 Å². The predicted octanol–water partition coefficient (Wildman–Crippen LogP) is 1.86. The Morgan fingerprint density at radius 1 is 1.59 bits per heavy atom. The maximum Gasteiger partial charge on any atom is 0.254 e. The second-order valence-corrected chi connectivity index (χ2v) is 5.34. The molecular weight excluding hydrogens is 334 g/mol. The van der Waals surface area contributed by atoms with Gasteiger partial charge in [-0.15, -0.1) is 0 Å². The van der Waals surface area contributed by atoms with Crippen LogP contribution < -0.4 is 5.32 Å². The predicted molar refractivity (Wildman–Crippen MR) is 72.5 cm³/mol. The summed E-state index contributed by atoms with van der Waals surface area (Å²) in [5, 5.41) is 3.22. The molecule has 1 saturated heterocycles. The van der Waals surface area contributed by atoms with Crippen molar-refractivity contribution < 1.29 is 9.18 Å². The molecule has 0 aliphatic carbocycles. The fraction of sp³-hybridized carbons (Fsp3) is 0.417. The summed E-state index contributed by atoms with van der Waals surface area (Å²) in [6.45, 7) is 4.25. The van der Waals surface area contributed by atoms with Gasteiger partial charge < -0.3 is 10.2 Å². The third-order valence-corrected chi connectivity index (χ3v) is 3.80. The molecule has 0 saturated carbocycles. The molecule has 92 valence electrons. The zero-order chi connectivity index (χ0) is 12.4. The van der Waals surface area contributed by atoms with Gasteiger partial charge in [-0.25, -0.2) is 4.39 Å². The van der Waals surface area contributed by atoms with Crippen LogP contribution in [0.3, 0.4) is 0 Å². The minimum Gasteiger partial charge on any atom is -0.333 e. The molecule has 17 heavy (non-hydrogen) atoms. The Morgan fingerprint density at radius 3 is 3.00 bits per heavy atom. The summed E-state index contributed by atoms with van der Waals surface area (Å²) in [6.07, 6.45) is 0. The van der Waals surface area contributed by atoms with Crippen LogP contribution in [0.25, 0.3) is 0 Å². The largest absolute Gasteiger partial charge is 0.333 e. The summed E-state index contributed by atoms with van der Waals surface area (Å²) >= 11 is 1.91. The number of carbonyl (C=O) groups is 1. The van der Waals surface area contributed by atoms with Gasteiger partial charge in [0.25, 0.3) is 5.91 Å². The van der Waals surface area contributed by atoms with Crippen molar-refractivity contribution in [1.29, 1.82) is 0 Å². The van der Waals surface area contributed by atoms with Gasteiger partial charge in [-0.2, -0.15) is 0 Å². The van der Waals surface area contributed by atoms with Crippen molar-refractivity contribution in [1.82, 2.24) is 10.2 Å². The minimum atomic E-state index is -0.334. The highest BCUT2D eigenvalue weighted by atomic mass is 127. The monoisotopic (exact) mass is 348 g/mol. The topological polar surface area (TPSA) is 32.3 Å². The van der Waals surface area contributed by atoms with Crippen molar-refractivity contribution in [2.75, 3.05) is 19.6 Å². The molecule has 1 heterocycles. The highest BCUT2D eigenvalue weighted by Gasteiger charge is 2.24. The van der Waals surface area contributed by atoms with Gasteiger partial charge in [0, 0.05) is 34.8 Å². The number of nitrogens with zero attached hydrogens (tertiary/aromatic N) is 1. The maximum absolute atomic E-state index is 13.4.